The first-order chi connectivity index (χ1) is 15.9. The molecule has 2 aromatic heterocycles. The SMILES string of the molecule is Cc1ncc(C(C)(O)C#Cc2cncc([C@@](O)(c3ccc(C(C)C)cc3)C3(C)CN(C)C3)c2)s1. The molecule has 4 rings (SSSR count). The van der Waals surface area contributed by atoms with Crippen molar-refractivity contribution in [2.24, 2.45) is 5.41 Å². The van der Waals surface area contributed by atoms with Crippen LogP contribution in [0.4, 0.5) is 0 Å². The summed E-state index contributed by atoms with van der Waals surface area (Å²) in [6, 6.07) is 10.2. The van der Waals surface area contributed by atoms with Gasteiger partial charge in [0.2, 0.25) is 0 Å². The van der Waals surface area contributed by atoms with Gasteiger partial charge in [0.25, 0.3) is 0 Å². The van der Waals surface area contributed by atoms with Crippen molar-refractivity contribution in [3.05, 3.63) is 81.1 Å². The predicted octanol–water partition coefficient (Wildman–Crippen LogP) is 4.42. The highest BCUT2D eigenvalue weighted by atomic mass is 32.1. The van der Waals surface area contributed by atoms with E-state index in [4.69, 9.17) is 0 Å². The Bertz CT molecular complexity index is 1230. The fraction of sp³-hybridized carbons (Fsp3) is 0.429. The van der Waals surface area contributed by atoms with E-state index < -0.39 is 11.2 Å². The Balaban J connectivity index is 1.75. The molecule has 1 saturated heterocycles. The lowest BCUT2D eigenvalue weighted by molar-refractivity contribution is -0.127. The van der Waals surface area contributed by atoms with Crippen LogP contribution in [0, 0.1) is 24.2 Å². The summed E-state index contributed by atoms with van der Waals surface area (Å²) in [6.45, 7) is 11.6. The van der Waals surface area contributed by atoms with Crippen LogP contribution in [-0.2, 0) is 11.2 Å². The van der Waals surface area contributed by atoms with Crippen LogP contribution in [0.25, 0.3) is 0 Å². The number of pyridine rings is 1. The van der Waals surface area contributed by atoms with Crippen LogP contribution >= 0.6 is 11.3 Å². The van der Waals surface area contributed by atoms with Crippen molar-refractivity contribution in [3.8, 4) is 11.8 Å². The molecule has 34 heavy (non-hydrogen) atoms. The first-order valence-electron chi connectivity index (χ1n) is 11.6. The van der Waals surface area contributed by atoms with E-state index in [1.807, 2.05) is 25.1 Å². The van der Waals surface area contributed by atoms with Crippen LogP contribution in [0.5, 0.6) is 0 Å². The molecule has 0 radical (unpaired) electrons. The Labute approximate surface area is 206 Å². The van der Waals surface area contributed by atoms with Crippen molar-refractivity contribution in [1.29, 1.82) is 0 Å². The van der Waals surface area contributed by atoms with Gasteiger partial charge in [-0.15, -0.1) is 11.3 Å². The van der Waals surface area contributed by atoms with Gasteiger partial charge in [-0.3, -0.25) is 4.98 Å². The number of benzene rings is 1. The maximum absolute atomic E-state index is 12.3. The van der Waals surface area contributed by atoms with E-state index in [0.717, 1.165) is 23.7 Å². The minimum atomic E-state index is -1.31. The van der Waals surface area contributed by atoms with Crippen molar-refractivity contribution >= 4 is 11.3 Å². The molecule has 1 aliphatic heterocycles. The summed E-state index contributed by atoms with van der Waals surface area (Å²) in [5, 5.41) is 24.1. The van der Waals surface area contributed by atoms with E-state index in [2.05, 4.69) is 66.7 Å². The molecule has 2 atom stereocenters. The van der Waals surface area contributed by atoms with Gasteiger partial charge < -0.3 is 15.1 Å². The molecule has 5 nitrogen and oxygen atoms in total. The lowest BCUT2D eigenvalue weighted by Crippen LogP contribution is -2.63. The molecule has 1 aliphatic rings. The normalized spacial score (nSPS) is 19.0. The lowest BCUT2D eigenvalue weighted by Gasteiger charge is -2.55. The van der Waals surface area contributed by atoms with Gasteiger partial charge in [0, 0.05) is 48.2 Å². The number of thiazole rings is 1. The van der Waals surface area contributed by atoms with Crippen molar-refractivity contribution in [1.82, 2.24) is 14.9 Å². The lowest BCUT2D eigenvalue weighted by atomic mass is 9.62. The van der Waals surface area contributed by atoms with Gasteiger partial charge in [-0.2, -0.15) is 0 Å². The fourth-order valence-corrected chi connectivity index (χ4v) is 5.67. The van der Waals surface area contributed by atoms with Crippen molar-refractivity contribution in [2.45, 2.75) is 51.7 Å². The number of aliphatic hydroxyl groups is 2. The van der Waals surface area contributed by atoms with Crippen LogP contribution in [0.3, 0.4) is 0 Å². The number of aryl methyl sites for hydroxylation is 1. The third-order valence-electron chi connectivity index (χ3n) is 6.81. The van der Waals surface area contributed by atoms with Gasteiger partial charge in [-0.05, 0) is 44.0 Å². The molecule has 178 valence electrons. The van der Waals surface area contributed by atoms with Crippen molar-refractivity contribution < 1.29 is 10.2 Å². The quantitative estimate of drug-likeness (QED) is 0.535. The van der Waals surface area contributed by atoms with E-state index in [9.17, 15) is 10.2 Å². The van der Waals surface area contributed by atoms with Crippen molar-refractivity contribution in [2.75, 3.05) is 20.1 Å². The summed E-state index contributed by atoms with van der Waals surface area (Å²) in [6.07, 6.45) is 5.06. The zero-order valence-electron chi connectivity index (χ0n) is 20.8. The molecular formula is C28H33N3O2S. The molecule has 3 aromatic rings. The Hall–Kier alpha value is -2.56. The maximum atomic E-state index is 12.3. The van der Waals surface area contributed by atoms with Gasteiger partial charge in [-0.25, -0.2) is 4.98 Å². The Kier molecular flexibility index (Phi) is 6.43. The van der Waals surface area contributed by atoms with Crippen LogP contribution in [0.2, 0.25) is 0 Å². The van der Waals surface area contributed by atoms with Gasteiger partial charge in [0.1, 0.15) is 5.60 Å². The zero-order valence-corrected chi connectivity index (χ0v) is 21.6. The standard InChI is InChI=1S/C28H33N3O2S/c1-19(2)22-7-9-23(10-8-22)28(33,26(4)17-31(6)18-26)24-13-21(14-29-15-24)11-12-27(5,32)25-16-30-20(3)34-25/h7-10,13-16,19,32-33H,17-18H2,1-6H3/t27?,28-/m0/s1. The molecule has 0 aliphatic carbocycles. The second-order valence-electron chi connectivity index (χ2n) is 10.2. The third-order valence-corrected chi connectivity index (χ3v) is 7.94. The summed E-state index contributed by atoms with van der Waals surface area (Å²) >= 11 is 1.43. The number of rotatable bonds is 5. The second-order valence-corrected chi connectivity index (χ2v) is 11.5. The topological polar surface area (TPSA) is 69.5 Å². The number of likely N-dealkylation sites (tertiary alicyclic amines) is 1. The molecule has 6 heteroatoms. The Morgan fingerprint density at radius 3 is 2.32 bits per heavy atom. The van der Waals surface area contributed by atoms with E-state index in [1.54, 1.807) is 25.5 Å². The number of hydrogen-bond donors (Lipinski definition) is 2. The highest BCUT2D eigenvalue weighted by molar-refractivity contribution is 7.11. The first kappa shape index (κ1) is 24.6. The number of aromatic nitrogens is 2. The molecule has 0 amide bonds. The largest absolute Gasteiger partial charge is 0.380 e. The molecule has 0 saturated carbocycles. The smallest absolute Gasteiger partial charge is 0.159 e. The van der Waals surface area contributed by atoms with Crippen molar-refractivity contribution in [3.63, 3.8) is 0 Å². The summed E-state index contributed by atoms with van der Waals surface area (Å²) in [4.78, 5) is 11.6. The van der Waals surface area contributed by atoms with E-state index in [1.165, 1.54) is 16.9 Å². The Morgan fingerprint density at radius 1 is 1.09 bits per heavy atom. The Morgan fingerprint density at radius 2 is 1.76 bits per heavy atom. The second kappa shape index (κ2) is 8.90. The molecular weight excluding hydrogens is 442 g/mol. The fourth-order valence-electron chi connectivity index (χ4n) is 4.89. The molecule has 1 fully saturated rings. The summed E-state index contributed by atoms with van der Waals surface area (Å²) in [5.41, 5.74) is 0.533. The first-order valence-corrected chi connectivity index (χ1v) is 12.4. The average molecular weight is 476 g/mol. The summed E-state index contributed by atoms with van der Waals surface area (Å²) in [5.74, 6) is 6.45. The van der Waals surface area contributed by atoms with Crippen LogP contribution in [-0.4, -0.2) is 45.2 Å². The van der Waals surface area contributed by atoms with Crippen LogP contribution in [0.1, 0.15) is 65.8 Å². The van der Waals surface area contributed by atoms with Gasteiger partial charge in [-0.1, -0.05) is 56.9 Å². The summed E-state index contributed by atoms with van der Waals surface area (Å²) < 4.78 is 0. The molecule has 3 heterocycles. The molecule has 1 unspecified atom stereocenters. The minimum absolute atomic E-state index is 0.375. The number of hydrogen-bond acceptors (Lipinski definition) is 6. The maximum Gasteiger partial charge on any atom is 0.159 e. The third kappa shape index (κ3) is 4.42. The van der Waals surface area contributed by atoms with Gasteiger partial charge in [0.15, 0.2) is 5.60 Å². The average Bonchev–Trinajstić information content (AvgIpc) is 3.24. The summed E-state index contributed by atoms with van der Waals surface area (Å²) in [7, 11) is 2.06. The minimum Gasteiger partial charge on any atom is -0.380 e. The van der Waals surface area contributed by atoms with E-state index >= 15 is 0 Å². The molecule has 2 N–H and O–H groups in total. The molecule has 0 spiro atoms. The van der Waals surface area contributed by atoms with Gasteiger partial charge in [0.05, 0.1) is 9.88 Å². The van der Waals surface area contributed by atoms with E-state index in [-0.39, 0.29) is 5.41 Å². The van der Waals surface area contributed by atoms with Crippen LogP contribution in [0.15, 0.2) is 48.9 Å². The highest BCUT2D eigenvalue weighted by Crippen LogP contribution is 2.50. The molecule has 0 bridgehead atoms. The van der Waals surface area contributed by atoms with Crippen LogP contribution < -0.4 is 0 Å². The van der Waals surface area contributed by atoms with E-state index in [0.29, 0.717) is 21.9 Å². The molecule has 1 aromatic carbocycles. The zero-order chi connectivity index (χ0) is 24.7. The monoisotopic (exact) mass is 475 g/mol. The predicted molar refractivity (Wildman–Crippen MR) is 137 cm³/mol. The highest BCUT2D eigenvalue weighted by Gasteiger charge is 2.55. The van der Waals surface area contributed by atoms with Gasteiger partial charge >= 0.3 is 0 Å². The number of nitrogens with zero attached hydrogens (tertiary/aromatic N) is 3.